The SMILES string of the molecule is CC(C)(C)c1cc2c3c(c1)c(-c1ccccc1)c(-c1ccccc1)n3-c1cc(N(c3ccccc3)c3ccccc3)cc3c1B2c1cccc2c1N3C1(C)CCCCC21C. The van der Waals surface area contributed by atoms with Gasteiger partial charge in [0.1, 0.15) is 0 Å². The molecule has 8 aromatic rings. The molecule has 0 amide bonds. The van der Waals surface area contributed by atoms with Gasteiger partial charge in [-0.2, -0.15) is 0 Å². The van der Waals surface area contributed by atoms with Gasteiger partial charge in [-0.3, -0.25) is 0 Å². The topological polar surface area (TPSA) is 11.4 Å². The standard InChI is InChI=1S/C56H50BN3/c1-54(2,3)39-33-43-49(37-21-10-6-11-22-37)51(38-23-12-7-13-24-38)59-47-35-42(58(40-25-14-8-15-26-40)41-27-16-9-17-28-41)36-48-50(47)57(46(34-39)52(43)59)45-30-20-29-44-53(45)60(48)56(5)32-19-18-31-55(44,56)4/h6-17,20-30,33-36H,18-19,31-32H2,1-5H3. The van der Waals surface area contributed by atoms with Crippen LogP contribution in [0.4, 0.5) is 28.4 Å². The Morgan fingerprint density at radius 2 is 1.18 bits per heavy atom. The van der Waals surface area contributed by atoms with Crippen LogP contribution in [-0.2, 0) is 10.8 Å². The number of anilines is 5. The van der Waals surface area contributed by atoms with Crippen molar-refractivity contribution >= 4 is 62.4 Å². The average molecular weight is 776 g/mol. The normalized spacial score (nSPS) is 19.6. The third-order valence-electron chi connectivity index (χ3n) is 15.0. The maximum Gasteiger partial charge on any atom is 0.252 e. The molecule has 0 spiro atoms. The quantitative estimate of drug-likeness (QED) is 0.161. The van der Waals surface area contributed by atoms with Gasteiger partial charge in [-0.25, -0.2) is 0 Å². The summed E-state index contributed by atoms with van der Waals surface area (Å²) in [5, 5.41) is 1.32. The molecule has 1 fully saturated rings. The van der Waals surface area contributed by atoms with Crippen molar-refractivity contribution in [3.63, 3.8) is 0 Å². The van der Waals surface area contributed by atoms with Gasteiger partial charge in [-0.05, 0) is 106 Å². The van der Waals surface area contributed by atoms with Crippen LogP contribution in [0.5, 0.6) is 0 Å². The van der Waals surface area contributed by atoms with Gasteiger partial charge in [0.05, 0.1) is 16.9 Å². The third-order valence-corrected chi connectivity index (χ3v) is 15.0. The van der Waals surface area contributed by atoms with Crippen molar-refractivity contribution in [1.82, 2.24) is 4.57 Å². The summed E-state index contributed by atoms with van der Waals surface area (Å²) < 4.78 is 2.69. The van der Waals surface area contributed by atoms with Gasteiger partial charge in [0, 0.05) is 50.3 Å². The summed E-state index contributed by atoms with van der Waals surface area (Å²) >= 11 is 0. The molecule has 7 aromatic carbocycles. The van der Waals surface area contributed by atoms with Gasteiger partial charge in [-0.15, -0.1) is 0 Å². The zero-order chi connectivity index (χ0) is 40.5. The van der Waals surface area contributed by atoms with E-state index in [1.54, 1.807) is 0 Å². The molecule has 0 saturated heterocycles. The van der Waals surface area contributed by atoms with E-state index in [-0.39, 0.29) is 23.1 Å². The number of rotatable bonds is 5. The van der Waals surface area contributed by atoms with Crippen LogP contribution in [0.2, 0.25) is 0 Å². The summed E-state index contributed by atoms with van der Waals surface area (Å²) in [5.74, 6) is 0. The molecule has 0 radical (unpaired) electrons. The maximum atomic E-state index is 2.86. The molecule has 3 aliphatic heterocycles. The maximum absolute atomic E-state index is 2.86. The molecule has 1 aromatic heterocycles. The Hall–Kier alpha value is -6.26. The first-order valence-electron chi connectivity index (χ1n) is 22.0. The molecular formula is C56H50BN3. The molecular weight excluding hydrogens is 725 g/mol. The summed E-state index contributed by atoms with van der Waals surface area (Å²) in [6.07, 6.45) is 4.87. The lowest BCUT2D eigenvalue weighted by Gasteiger charge is -2.52. The Kier molecular flexibility index (Phi) is 7.51. The van der Waals surface area contributed by atoms with E-state index in [2.05, 4.69) is 213 Å². The Bertz CT molecular complexity index is 2960. The van der Waals surface area contributed by atoms with Gasteiger partial charge in [-0.1, -0.05) is 162 Å². The molecule has 292 valence electrons. The smallest absolute Gasteiger partial charge is 0.252 e. The molecule has 0 bridgehead atoms. The van der Waals surface area contributed by atoms with Crippen LogP contribution in [0.3, 0.4) is 0 Å². The summed E-state index contributed by atoms with van der Waals surface area (Å²) in [5.41, 5.74) is 21.0. The van der Waals surface area contributed by atoms with Crippen LogP contribution in [0.15, 0.2) is 164 Å². The molecule has 1 saturated carbocycles. The molecule has 4 heteroatoms. The summed E-state index contributed by atoms with van der Waals surface area (Å²) in [7, 11) is 0. The van der Waals surface area contributed by atoms with Gasteiger partial charge >= 0.3 is 0 Å². The monoisotopic (exact) mass is 775 g/mol. The first-order chi connectivity index (χ1) is 29.2. The first kappa shape index (κ1) is 35.7. The molecule has 4 heterocycles. The lowest BCUT2D eigenvalue weighted by molar-refractivity contribution is 0.195. The molecule has 2 unspecified atom stereocenters. The summed E-state index contributed by atoms with van der Waals surface area (Å²) in [4.78, 5) is 5.34. The fourth-order valence-electron chi connectivity index (χ4n) is 12.0. The van der Waals surface area contributed by atoms with Crippen molar-refractivity contribution < 1.29 is 0 Å². The van der Waals surface area contributed by atoms with Gasteiger partial charge < -0.3 is 14.4 Å². The Labute approximate surface area is 355 Å². The second-order valence-electron chi connectivity index (χ2n) is 19.2. The van der Waals surface area contributed by atoms with Gasteiger partial charge in [0.25, 0.3) is 6.71 Å². The number of fused-ring (bicyclic) bond motifs is 7. The van der Waals surface area contributed by atoms with Crippen molar-refractivity contribution in [2.45, 2.75) is 76.7 Å². The Morgan fingerprint density at radius 1 is 0.583 bits per heavy atom. The minimum Gasteiger partial charge on any atom is -0.335 e. The van der Waals surface area contributed by atoms with Crippen LogP contribution in [-0.4, -0.2) is 16.8 Å². The molecule has 2 atom stereocenters. The highest BCUT2D eigenvalue weighted by atomic mass is 15.3. The van der Waals surface area contributed by atoms with Crippen molar-refractivity contribution in [3.05, 3.63) is 175 Å². The highest BCUT2D eigenvalue weighted by molar-refractivity contribution is 7.00. The number of hydrogen-bond acceptors (Lipinski definition) is 2. The van der Waals surface area contributed by atoms with E-state index in [0.717, 1.165) is 17.8 Å². The Balaban J connectivity index is 1.30. The van der Waals surface area contributed by atoms with Crippen LogP contribution >= 0.6 is 0 Å². The lowest BCUT2D eigenvalue weighted by atomic mass is 9.33. The number of para-hydroxylation sites is 3. The van der Waals surface area contributed by atoms with E-state index in [9.17, 15) is 0 Å². The van der Waals surface area contributed by atoms with Crippen LogP contribution in [0, 0.1) is 0 Å². The van der Waals surface area contributed by atoms with Crippen molar-refractivity contribution in [2.75, 3.05) is 9.80 Å². The number of benzene rings is 7. The molecule has 4 aliphatic rings. The second kappa shape index (κ2) is 12.6. The van der Waals surface area contributed by atoms with E-state index in [1.807, 2.05) is 0 Å². The Morgan fingerprint density at radius 3 is 1.83 bits per heavy atom. The third kappa shape index (κ3) is 4.74. The fourth-order valence-corrected chi connectivity index (χ4v) is 12.0. The number of hydrogen-bond donors (Lipinski definition) is 0. The second-order valence-corrected chi connectivity index (χ2v) is 19.2. The lowest BCUT2D eigenvalue weighted by Crippen LogP contribution is -2.64. The molecule has 3 nitrogen and oxygen atoms in total. The first-order valence-corrected chi connectivity index (χ1v) is 22.0. The summed E-state index contributed by atoms with van der Waals surface area (Å²) in [6.45, 7) is 12.4. The number of aromatic nitrogens is 1. The number of nitrogens with zero attached hydrogens (tertiary/aromatic N) is 3. The minimum atomic E-state index is -0.0810. The average Bonchev–Trinajstić information content (AvgIpc) is 3.73. The predicted octanol–water partition coefficient (Wildman–Crippen LogP) is 12.6. The molecule has 0 N–H and O–H groups in total. The van der Waals surface area contributed by atoms with Crippen LogP contribution in [0.25, 0.3) is 39.0 Å². The molecule has 1 aliphatic carbocycles. The summed E-state index contributed by atoms with van der Waals surface area (Å²) in [6, 6.07) is 61.8. The van der Waals surface area contributed by atoms with Crippen LogP contribution < -0.4 is 26.2 Å². The predicted molar refractivity (Wildman–Crippen MR) is 255 cm³/mol. The van der Waals surface area contributed by atoms with Gasteiger partial charge in [0.2, 0.25) is 0 Å². The van der Waals surface area contributed by atoms with Crippen molar-refractivity contribution in [1.29, 1.82) is 0 Å². The van der Waals surface area contributed by atoms with Crippen molar-refractivity contribution in [3.8, 4) is 28.1 Å². The zero-order valence-corrected chi connectivity index (χ0v) is 35.3. The van der Waals surface area contributed by atoms with E-state index < -0.39 is 0 Å². The fraction of sp³-hybridized carbons (Fsp3) is 0.214. The van der Waals surface area contributed by atoms with Crippen LogP contribution in [0.1, 0.15) is 71.4 Å². The zero-order valence-electron chi connectivity index (χ0n) is 35.3. The highest BCUT2D eigenvalue weighted by Gasteiger charge is 2.61. The molecule has 12 rings (SSSR count). The van der Waals surface area contributed by atoms with Gasteiger partial charge in [0.15, 0.2) is 0 Å². The van der Waals surface area contributed by atoms with E-state index in [4.69, 9.17) is 0 Å². The van der Waals surface area contributed by atoms with E-state index in [1.165, 1.54) is 103 Å². The minimum absolute atomic E-state index is 0.0269. The molecule has 60 heavy (non-hydrogen) atoms. The van der Waals surface area contributed by atoms with Crippen molar-refractivity contribution in [2.24, 2.45) is 0 Å². The highest BCUT2D eigenvalue weighted by Crippen LogP contribution is 2.62. The largest absolute Gasteiger partial charge is 0.335 e. The van der Waals surface area contributed by atoms with E-state index in [0.29, 0.717) is 0 Å². The van der Waals surface area contributed by atoms with E-state index >= 15 is 0 Å².